The van der Waals surface area contributed by atoms with Crippen molar-refractivity contribution in [1.82, 2.24) is 15.2 Å². The third-order valence-corrected chi connectivity index (χ3v) is 8.74. The fourth-order valence-electron chi connectivity index (χ4n) is 5.09. The largest absolute Gasteiger partial charge is 0.469 e. The molecule has 1 saturated carbocycles. The molecule has 1 aliphatic carbocycles. The van der Waals surface area contributed by atoms with Crippen LogP contribution in [-0.2, 0) is 30.3 Å². The summed E-state index contributed by atoms with van der Waals surface area (Å²) in [5, 5.41) is 5.18. The summed E-state index contributed by atoms with van der Waals surface area (Å²) in [7, 11) is 3.16. The van der Waals surface area contributed by atoms with Crippen LogP contribution in [0.3, 0.4) is 0 Å². The zero-order valence-corrected chi connectivity index (χ0v) is 26.0. The molecule has 3 rings (SSSR count). The summed E-state index contributed by atoms with van der Waals surface area (Å²) in [6.07, 6.45) is 2.36. The highest BCUT2D eigenvalue weighted by Crippen LogP contribution is 2.47. The number of aromatic nitrogens is 1. The minimum absolute atomic E-state index is 0.0996. The first-order chi connectivity index (χ1) is 19.3. The predicted molar refractivity (Wildman–Crippen MR) is 157 cm³/mol. The molecular formula is C31H43N3O6S. The number of ether oxygens (including phenoxy) is 2. The van der Waals surface area contributed by atoms with Gasteiger partial charge in [-0.2, -0.15) is 0 Å². The van der Waals surface area contributed by atoms with E-state index < -0.39 is 18.0 Å². The first-order valence-electron chi connectivity index (χ1n) is 14.2. The molecule has 1 fully saturated rings. The first kappa shape index (κ1) is 32.2. The Morgan fingerprint density at radius 2 is 1.76 bits per heavy atom. The van der Waals surface area contributed by atoms with Gasteiger partial charge in [-0.05, 0) is 37.2 Å². The lowest BCUT2D eigenvalue weighted by Gasteiger charge is -2.35. The molecule has 41 heavy (non-hydrogen) atoms. The molecule has 1 N–H and O–H groups in total. The van der Waals surface area contributed by atoms with Crippen LogP contribution < -0.4 is 5.32 Å². The molecule has 10 heteroatoms. The second-order valence-electron chi connectivity index (χ2n) is 11.7. The average molecular weight is 586 g/mol. The van der Waals surface area contributed by atoms with E-state index in [-0.39, 0.29) is 46.9 Å². The third-order valence-electron chi connectivity index (χ3n) is 7.80. The molecule has 1 heterocycles. The Morgan fingerprint density at radius 1 is 1.10 bits per heavy atom. The summed E-state index contributed by atoms with van der Waals surface area (Å²) in [5.41, 5.74) is 0.927. The highest BCUT2D eigenvalue weighted by atomic mass is 32.1. The van der Waals surface area contributed by atoms with E-state index in [1.54, 1.807) is 17.2 Å². The van der Waals surface area contributed by atoms with Gasteiger partial charge in [-0.15, -0.1) is 11.3 Å². The van der Waals surface area contributed by atoms with Crippen LogP contribution >= 0.6 is 11.3 Å². The van der Waals surface area contributed by atoms with E-state index in [2.05, 4.69) is 10.3 Å². The van der Waals surface area contributed by atoms with Crippen LogP contribution in [0.4, 0.5) is 0 Å². The SMILES string of the molecule is COC(=O)[C@@H](C)C[C@H](Cc1ccccc1)NC(=O)c1csc([C@@H](C[C@H](C(C)C)N(C)C(=O)C2(C)CC2)OC(C)=O)n1. The number of amides is 2. The van der Waals surface area contributed by atoms with Crippen molar-refractivity contribution in [1.29, 1.82) is 0 Å². The highest BCUT2D eigenvalue weighted by Gasteiger charge is 2.48. The van der Waals surface area contributed by atoms with Gasteiger partial charge in [0.05, 0.1) is 13.0 Å². The van der Waals surface area contributed by atoms with Gasteiger partial charge < -0.3 is 19.7 Å². The maximum atomic E-state index is 13.3. The summed E-state index contributed by atoms with van der Waals surface area (Å²) in [5.74, 6) is -1.36. The second-order valence-corrected chi connectivity index (χ2v) is 12.6. The molecule has 2 amide bonds. The van der Waals surface area contributed by atoms with E-state index in [1.165, 1.54) is 25.4 Å². The summed E-state index contributed by atoms with van der Waals surface area (Å²) < 4.78 is 10.6. The summed E-state index contributed by atoms with van der Waals surface area (Å²) in [6.45, 7) is 9.18. The first-order valence-corrected chi connectivity index (χ1v) is 15.0. The fraction of sp³-hybridized carbons (Fsp3) is 0.581. The standard InChI is InChI=1S/C31H43N3O6S/c1-19(2)25(34(6)30(38)31(5)13-14-31)17-26(40-21(4)35)28-33-24(18-41-28)27(36)32-23(15-20(3)29(37)39-7)16-22-11-9-8-10-12-22/h8-12,18-20,23,25-26H,13-17H2,1-7H3,(H,32,36)/t20-,23+,25+,26+/m0/s1. The molecule has 0 spiro atoms. The van der Waals surface area contributed by atoms with E-state index in [0.29, 0.717) is 24.3 Å². The van der Waals surface area contributed by atoms with Crippen LogP contribution in [0, 0.1) is 17.3 Å². The van der Waals surface area contributed by atoms with E-state index >= 15 is 0 Å². The third kappa shape index (κ3) is 8.86. The van der Waals surface area contributed by atoms with Crippen molar-refractivity contribution in [3.63, 3.8) is 0 Å². The van der Waals surface area contributed by atoms with Gasteiger partial charge in [0, 0.05) is 43.3 Å². The molecule has 1 aromatic carbocycles. The Kier molecular flexibility index (Phi) is 11.1. The Balaban J connectivity index is 1.78. The maximum absolute atomic E-state index is 13.3. The number of esters is 2. The van der Waals surface area contributed by atoms with Crippen LogP contribution in [0.15, 0.2) is 35.7 Å². The Morgan fingerprint density at radius 3 is 2.32 bits per heavy atom. The van der Waals surface area contributed by atoms with Gasteiger partial charge in [-0.3, -0.25) is 19.2 Å². The zero-order valence-electron chi connectivity index (χ0n) is 25.1. The van der Waals surface area contributed by atoms with Crippen LogP contribution in [0.5, 0.6) is 0 Å². The molecule has 0 saturated heterocycles. The van der Waals surface area contributed by atoms with E-state index in [4.69, 9.17) is 9.47 Å². The van der Waals surface area contributed by atoms with Gasteiger partial charge in [0.1, 0.15) is 10.7 Å². The second kappa shape index (κ2) is 14.1. The fourth-order valence-corrected chi connectivity index (χ4v) is 5.93. The Labute approximate surface area is 247 Å². The molecule has 0 aliphatic heterocycles. The molecule has 0 unspecified atom stereocenters. The van der Waals surface area contributed by atoms with Crippen molar-refractivity contribution in [3.8, 4) is 0 Å². The topological polar surface area (TPSA) is 115 Å². The molecule has 1 aromatic heterocycles. The summed E-state index contributed by atoms with van der Waals surface area (Å²) in [4.78, 5) is 56.9. The smallest absolute Gasteiger partial charge is 0.308 e. The molecule has 0 radical (unpaired) electrons. The van der Waals surface area contributed by atoms with Crippen LogP contribution in [0.1, 0.15) is 87.5 Å². The maximum Gasteiger partial charge on any atom is 0.308 e. The number of thiazole rings is 1. The molecule has 0 bridgehead atoms. The van der Waals surface area contributed by atoms with E-state index in [0.717, 1.165) is 18.4 Å². The minimum Gasteiger partial charge on any atom is -0.469 e. The number of benzene rings is 1. The van der Waals surface area contributed by atoms with Crippen molar-refractivity contribution in [2.45, 2.75) is 84.9 Å². The van der Waals surface area contributed by atoms with Gasteiger partial charge in [0.25, 0.3) is 5.91 Å². The molecule has 9 nitrogen and oxygen atoms in total. The number of nitrogens with one attached hydrogen (secondary N) is 1. The van der Waals surface area contributed by atoms with Crippen molar-refractivity contribution >= 4 is 35.1 Å². The van der Waals surface area contributed by atoms with Crippen LogP contribution in [0.25, 0.3) is 0 Å². The lowest BCUT2D eigenvalue weighted by molar-refractivity contribution is -0.149. The zero-order chi connectivity index (χ0) is 30.3. The number of nitrogens with zero attached hydrogens (tertiary/aromatic N) is 2. The Bertz CT molecular complexity index is 1210. The van der Waals surface area contributed by atoms with E-state index in [1.807, 2.05) is 58.2 Å². The van der Waals surface area contributed by atoms with Crippen LogP contribution in [0.2, 0.25) is 0 Å². The van der Waals surface area contributed by atoms with E-state index in [9.17, 15) is 19.2 Å². The summed E-state index contributed by atoms with van der Waals surface area (Å²) >= 11 is 1.25. The number of carbonyl (C=O) groups excluding carboxylic acids is 4. The van der Waals surface area contributed by atoms with Gasteiger partial charge >= 0.3 is 11.9 Å². The predicted octanol–water partition coefficient (Wildman–Crippen LogP) is 4.96. The number of rotatable bonds is 14. The number of methoxy groups -OCH3 is 1. The van der Waals surface area contributed by atoms with Gasteiger partial charge in [-0.25, -0.2) is 4.98 Å². The van der Waals surface area contributed by atoms with Crippen molar-refractivity contribution < 1.29 is 28.7 Å². The summed E-state index contributed by atoms with van der Waals surface area (Å²) in [6, 6.07) is 9.23. The minimum atomic E-state index is -0.701. The van der Waals surface area contributed by atoms with Gasteiger partial charge in [0.2, 0.25) is 5.91 Å². The monoisotopic (exact) mass is 585 g/mol. The van der Waals surface area contributed by atoms with Crippen molar-refractivity contribution in [2.75, 3.05) is 14.2 Å². The molecular weight excluding hydrogens is 542 g/mol. The average Bonchev–Trinajstić information content (AvgIpc) is 3.48. The lowest BCUT2D eigenvalue weighted by Crippen LogP contribution is -2.44. The highest BCUT2D eigenvalue weighted by molar-refractivity contribution is 7.09. The quantitative estimate of drug-likeness (QED) is 0.312. The number of carbonyl (C=O) groups is 4. The van der Waals surface area contributed by atoms with Crippen LogP contribution in [-0.4, -0.2) is 59.9 Å². The van der Waals surface area contributed by atoms with Crippen molar-refractivity contribution in [2.24, 2.45) is 17.3 Å². The number of hydrogen-bond acceptors (Lipinski definition) is 8. The van der Waals surface area contributed by atoms with Gasteiger partial charge in [-0.1, -0.05) is 58.0 Å². The molecule has 1 aliphatic rings. The molecule has 2 aromatic rings. The molecule has 4 atom stereocenters. The molecule has 224 valence electrons. The van der Waals surface area contributed by atoms with Gasteiger partial charge in [0.15, 0.2) is 6.10 Å². The van der Waals surface area contributed by atoms with Crippen molar-refractivity contribution in [3.05, 3.63) is 52.0 Å². The number of hydrogen-bond donors (Lipinski definition) is 1. The Hall–Kier alpha value is -3.27. The lowest BCUT2D eigenvalue weighted by atomic mass is 9.94. The normalized spacial score (nSPS) is 16.7.